The van der Waals surface area contributed by atoms with Gasteiger partial charge in [0.15, 0.2) is 0 Å². The van der Waals surface area contributed by atoms with Crippen molar-refractivity contribution in [3.05, 3.63) is 0 Å². The zero-order valence-electron chi connectivity index (χ0n) is 19.0. The molecule has 0 aromatic carbocycles. The van der Waals surface area contributed by atoms with Crippen LogP contribution in [0.15, 0.2) is 0 Å². The molecule has 192 valence electrons. The SMILES string of the molecule is NCCNC(=O)CCC(NCCN(CCN(CCN)CCNCC(=O)O)CC(=O)O)C(=O)O. The lowest BCUT2D eigenvalue weighted by Crippen LogP contribution is -2.46. The highest BCUT2D eigenvalue weighted by Gasteiger charge is 2.19. The molecule has 0 aliphatic carbocycles. The van der Waals surface area contributed by atoms with Gasteiger partial charge in [0.2, 0.25) is 5.91 Å². The molecule has 14 heteroatoms. The second kappa shape index (κ2) is 19.1. The molecule has 0 aliphatic heterocycles. The maximum Gasteiger partial charge on any atom is 0.320 e. The summed E-state index contributed by atoms with van der Waals surface area (Å²) >= 11 is 0. The average Bonchev–Trinajstić information content (AvgIpc) is 2.74. The Morgan fingerprint density at radius 1 is 0.788 bits per heavy atom. The van der Waals surface area contributed by atoms with Crippen LogP contribution in [0, 0.1) is 0 Å². The fourth-order valence-electron chi connectivity index (χ4n) is 2.98. The van der Waals surface area contributed by atoms with Crippen LogP contribution >= 0.6 is 0 Å². The molecule has 0 aromatic rings. The van der Waals surface area contributed by atoms with Gasteiger partial charge in [0.25, 0.3) is 0 Å². The van der Waals surface area contributed by atoms with Crippen LogP contribution < -0.4 is 27.4 Å². The first-order valence-electron chi connectivity index (χ1n) is 10.9. The van der Waals surface area contributed by atoms with Crippen LogP contribution in [-0.2, 0) is 19.2 Å². The Bertz CT molecular complexity index is 595. The molecule has 1 amide bonds. The molecule has 0 aromatic heterocycles. The highest BCUT2D eigenvalue weighted by molar-refractivity contribution is 5.78. The summed E-state index contributed by atoms with van der Waals surface area (Å²) in [5, 5.41) is 35.4. The maximum absolute atomic E-state index is 11.7. The van der Waals surface area contributed by atoms with Gasteiger partial charge < -0.3 is 42.7 Å². The summed E-state index contributed by atoms with van der Waals surface area (Å²) in [6.45, 7) is 3.69. The van der Waals surface area contributed by atoms with Crippen molar-refractivity contribution in [2.75, 3.05) is 78.5 Å². The van der Waals surface area contributed by atoms with Gasteiger partial charge in [0.1, 0.15) is 6.04 Å². The van der Waals surface area contributed by atoms with Crippen LogP contribution in [0.3, 0.4) is 0 Å². The van der Waals surface area contributed by atoms with E-state index in [0.717, 1.165) is 0 Å². The first-order chi connectivity index (χ1) is 15.7. The lowest BCUT2D eigenvalue weighted by atomic mass is 10.1. The average molecular weight is 478 g/mol. The predicted octanol–water partition coefficient (Wildman–Crippen LogP) is -3.79. The summed E-state index contributed by atoms with van der Waals surface area (Å²) in [6.07, 6.45) is 0.130. The van der Waals surface area contributed by atoms with E-state index in [1.54, 1.807) is 4.90 Å². The molecule has 0 saturated heterocycles. The van der Waals surface area contributed by atoms with Crippen molar-refractivity contribution in [3.8, 4) is 0 Å². The number of hydrogen-bond donors (Lipinski definition) is 8. The third-order valence-electron chi connectivity index (χ3n) is 4.66. The molecular formula is C19H39N7O7. The number of nitrogens with one attached hydrogen (secondary N) is 3. The molecular weight excluding hydrogens is 438 g/mol. The highest BCUT2D eigenvalue weighted by Crippen LogP contribution is 1.99. The summed E-state index contributed by atoms with van der Waals surface area (Å²) in [7, 11) is 0. The second-order valence-corrected chi connectivity index (χ2v) is 7.39. The monoisotopic (exact) mass is 477 g/mol. The molecule has 10 N–H and O–H groups in total. The van der Waals surface area contributed by atoms with Crippen LogP contribution in [0.2, 0.25) is 0 Å². The molecule has 0 aliphatic rings. The van der Waals surface area contributed by atoms with Gasteiger partial charge in [0, 0.05) is 71.9 Å². The van der Waals surface area contributed by atoms with E-state index >= 15 is 0 Å². The number of rotatable bonds is 22. The Morgan fingerprint density at radius 3 is 2.03 bits per heavy atom. The van der Waals surface area contributed by atoms with Gasteiger partial charge in [-0.05, 0) is 6.42 Å². The fourth-order valence-corrected chi connectivity index (χ4v) is 2.98. The number of carbonyl (C=O) groups is 4. The third kappa shape index (κ3) is 17.8. The van der Waals surface area contributed by atoms with E-state index in [1.165, 1.54) is 0 Å². The summed E-state index contributed by atoms with van der Waals surface area (Å²) < 4.78 is 0. The Labute approximate surface area is 193 Å². The zero-order valence-corrected chi connectivity index (χ0v) is 19.0. The molecule has 0 rings (SSSR count). The third-order valence-corrected chi connectivity index (χ3v) is 4.66. The maximum atomic E-state index is 11.7. The van der Waals surface area contributed by atoms with Gasteiger partial charge in [-0.15, -0.1) is 0 Å². The Morgan fingerprint density at radius 2 is 1.45 bits per heavy atom. The Balaban J connectivity index is 4.58. The van der Waals surface area contributed by atoms with Crippen molar-refractivity contribution in [2.24, 2.45) is 11.5 Å². The standard InChI is InChI=1S/C19H39N7O7/c20-3-5-24-16(27)2-1-15(19(32)33)23-7-10-26(14-18(30)31)12-11-25(8-4-21)9-6-22-13-17(28)29/h15,22-23H,1-14,20-21H2,(H,24,27)(H,28,29)(H,30,31)(H,32,33). The van der Waals surface area contributed by atoms with Crippen molar-refractivity contribution in [1.29, 1.82) is 0 Å². The van der Waals surface area contributed by atoms with Gasteiger partial charge >= 0.3 is 17.9 Å². The van der Waals surface area contributed by atoms with E-state index in [1.807, 2.05) is 4.90 Å². The molecule has 0 heterocycles. The number of amides is 1. The van der Waals surface area contributed by atoms with Crippen LogP contribution in [0.25, 0.3) is 0 Å². The minimum Gasteiger partial charge on any atom is -0.480 e. The number of aliphatic carboxylic acids is 3. The zero-order chi connectivity index (χ0) is 25.1. The quantitative estimate of drug-likeness (QED) is 0.0701. The van der Waals surface area contributed by atoms with Gasteiger partial charge in [-0.3, -0.25) is 29.0 Å². The minimum absolute atomic E-state index is 0.0345. The molecule has 14 nitrogen and oxygen atoms in total. The highest BCUT2D eigenvalue weighted by atomic mass is 16.4. The fraction of sp³-hybridized carbons (Fsp3) is 0.789. The van der Waals surface area contributed by atoms with Gasteiger partial charge in [0.05, 0.1) is 13.1 Å². The van der Waals surface area contributed by atoms with Gasteiger partial charge in [-0.25, -0.2) is 0 Å². The molecule has 0 fully saturated rings. The van der Waals surface area contributed by atoms with Crippen LogP contribution in [0.5, 0.6) is 0 Å². The number of carboxylic acids is 3. The number of nitrogens with two attached hydrogens (primary N) is 2. The Hall–Kier alpha value is -2.36. The molecule has 0 saturated carbocycles. The lowest BCUT2D eigenvalue weighted by Gasteiger charge is -2.27. The molecule has 0 radical (unpaired) electrons. The normalized spacial score (nSPS) is 12.1. The molecule has 1 unspecified atom stereocenters. The first kappa shape index (κ1) is 30.6. The van der Waals surface area contributed by atoms with Crippen molar-refractivity contribution in [2.45, 2.75) is 18.9 Å². The number of carbonyl (C=O) groups excluding carboxylic acids is 1. The van der Waals surface area contributed by atoms with E-state index in [4.69, 9.17) is 16.6 Å². The number of carboxylic acid groups (broad SMARTS) is 3. The second-order valence-electron chi connectivity index (χ2n) is 7.39. The predicted molar refractivity (Wildman–Crippen MR) is 121 cm³/mol. The summed E-state index contributed by atoms with van der Waals surface area (Å²) in [5.74, 6) is -3.32. The number of nitrogens with zero attached hydrogens (tertiary/aromatic N) is 2. The van der Waals surface area contributed by atoms with E-state index < -0.39 is 23.9 Å². The van der Waals surface area contributed by atoms with Gasteiger partial charge in [-0.1, -0.05) is 0 Å². The Kier molecular flexibility index (Phi) is 17.8. The van der Waals surface area contributed by atoms with Crippen molar-refractivity contribution in [1.82, 2.24) is 25.8 Å². The number of hydrogen-bond acceptors (Lipinski definition) is 10. The molecule has 0 spiro atoms. The van der Waals surface area contributed by atoms with Crippen molar-refractivity contribution in [3.63, 3.8) is 0 Å². The lowest BCUT2D eigenvalue weighted by molar-refractivity contribution is -0.140. The topological polar surface area (TPSA) is 224 Å². The molecule has 1 atom stereocenters. The minimum atomic E-state index is -1.09. The largest absolute Gasteiger partial charge is 0.480 e. The first-order valence-corrected chi connectivity index (χ1v) is 10.9. The summed E-state index contributed by atoms with van der Waals surface area (Å²) in [4.78, 5) is 48.6. The van der Waals surface area contributed by atoms with Crippen LogP contribution in [0.4, 0.5) is 0 Å². The van der Waals surface area contributed by atoms with Gasteiger partial charge in [-0.2, -0.15) is 0 Å². The molecule has 33 heavy (non-hydrogen) atoms. The summed E-state index contributed by atoms with van der Waals surface area (Å²) in [5.41, 5.74) is 10.9. The van der Waals surface area contributed by atoms with E-state index in [-0.39, 0.29) is 38.4 Å². The van der Waals surface area contributed by atoms with Crippen LogP contribution in [-0.4, -0.2) is 134 Å². The van der Waals surface area contributed by atoms with Crippen molar-refractivity contribution < 1.29 is 34.5 Å². The van der Waals surface area contributed by atoms with E-state index in [9.17, 15) is 29.4 Å². The smallest absolute Gasteiger partial charge is 0.320 e. The van der Waals surface area contributed by atoms with Crippen LogP contribution in [0.1, 0.15) is 12.8 Å². The molecule has 0 bridgehead atoms. The van der Waals surface area contributed by atoms with Crippen molar-refractivity contribution >= 4 is 23.8 Å². The summed E-state index contributed by atoms with van der Waals surface area (Å²) in [6, 6.07) is -0.936. The van der Waals surface area contributed by atoms with E-state index in [2.05, 4.69) is 16.0 Å². The van der Waals surface area contributed by atoms with E-state index in [0.29, 0.717) is 58.9 Å².